The van der Waals surface area contributed by atoms with Crippen LogP contribution in [0.1, 0.15) is 40.8 Å². The Hall–Kier alpha value is -2.32. The van der Waals surface area contributed by atoms with Gasteiger partial charge in [-0.2, -0.15) is 5.26 Å². The third-order valence-corrected chi connectivity index (χ3v) is 5.47. The minimum absolute atomic E-state index is 0.733. The van der Waals surface area contributed by atoms with Crippen LogP contribution in [0.2, 0.25) is 0 Å². The van der Waals surface area contributed by atoms with Crippen molar-refractivity contribution in [3.63, 3.8) is 0 Å². The fourth-order valence-corrected chi connectivity index (χ4v) is 4.19. The van der Waals surface area contributed by atoms with E-state index in [1.54, 1.807) is 31.8 Å². The van der Waals surface area contributed by atoms with Crippen LogP contribution < -0.4 is 9.47 Å². The molecule has 1 heterocycles. The highest BCUT2D eigenvalue weighted by atomic mass is 32.1. The molecule has 0 unspecified atom stereocenters. The van der Waals surface area contributed by atoms with Crippen molar-refractivity contribution in [2.45, 2.75) is 32.1 Å². The maximum absolute atomic E-state index is 9.57. The smallest absolute Gasteiger partial charge is 0.134 e. The van der Waals surface area contributed by atoms with Gasteiger partial charge in [0.25, 0.3) is 0 Å². The molecule has 0 atom stereocenters. The first-order valence-electron chi connectivity index (χ1n) is 8.07. The first kappa shape index (κ1) is 16.5. The molecule has 0 bridgehead atoms. The van der Waals surface area contributed by atoms with E-state index in [0.717, 1.165) is 46.9 Å². The van der Waals surface area contributed by atoms with Gasteiger partial charge in [0.05, 0.1) is 19.8 Å². The summed E-state index contributed by atoms with van der Waals surface area (Å²) in [5, 5.41) is 10.4. The second-order valence-corrected chi connectivity index (χ2v) is 6.81. The standard InChI is InChI=1S/C19H20N2O2S/c1-22-14-8-9-17(23-2)13(10-14)12-21-19-16(11-20)15-6-4-3-5-7-18(15)24-19/h8-10,12H,3-7H2,1-2H3. The van der Waals surface area contributed by atoms with E-state index in [1.165, 1.54) is 23.3 Å². The van der Waals surface area contributed by atoms with Gasteiger partial charge < -0.3 is 9.47 Å². The number of hydrogen-bond acceptors (Lipinski definition) is 5. The monoisotopic (exact) mass is 340 g/mol. The number of aryl methyl sites for hydroxylation is 1. The van der Waals surface area contributed by atoms with Crippen molar-refractivity contribution < 1.29 is 9.47 Å². The number of methoxy groups -OCH3 is 2. The summed E-state index contributed by atoms with van der Waals surface area (Å²) in [4.78, 5) is 5.93. The summed E-state index contributed by atoms with van der Waals surface area (Å²) < 4.78 is 10.6. The fourth-order valence-electron chi connectivity index (χ4n) is 3.00. The van der Waals surface area contributed by atoms with Crippen molar-refractivity contribution in [1.82, 2.24) is 0 Å². The number of nitrogens with zero attached hydrogens (tertiary/aromatic N) is 2. The van der Waals surface area contributed by atoms with E-state index < -0.39 is 0 Å². The summed E-state index contributed by atoms with van der Waals surface area (Å²) in [6.45, 7) is 0. The molecular weight excluding hydrogens is 320 g/mol. The third-order valence-electron chi connectivity index (χ3n) is 4.27. The molecule has 0 spiro atoms. The molecule has 2 aromatic rings. The van der Waals surface area contributed by atoms with Gasteiger partial charge in [0.15, 0.2) is 0 Å². The number of nitriles is 1. The zero-order chi connectivity index (χ0) is 16.9. The number of ether oxygens (including phenoxy) is 2. The van der Waals surface area contributed by atoms with E-state index in [1.807, 2.05) is 18.2 Å². The van der Waals surface area contributed by atoms with Gasteiger partial charge in [0, 0.05) is 16.7 Å². The number of rotatable bonds is 4. The van der Waals surface area contributed by atoms with Crippen LogP contribution in [0.15, 0.2) is 23.2 Å². The molecule has 4 nitrogen and oxygen atoms in total. The van der Waals surface area contributed by atoms with Gasteiger partial charge in [0.2, 0.25) is 0 Å². The first-order valence-corrected chi connectivity index (χ1v) is 8.89. The van der Waals surface area contributed by atoms with Gasteiger partial charge in [-0.05, 0) is 49.4 Å². The number of hydrogen-bond donors (Lipinski definition) is 0. The van der Waals surface area contributed by atoms with Crippen molar-refractivity contribution >= 4 is 22.6 Å². The second-order valence-electron chi connectivity index (χ2n) is 5.72. The van der Waals surface area contributed by atoms with Gasteiger partial charge in [-0.1, -0.05) is 6.42 Å². The molecule has 5 heteroatoms. The van der Waals surface area contributed by atoms with E-state index in [2.05, 4.69) is 11.1 Å². The third kappa shape index (κ3) is 3.29. The lowest BCUT2D eigenvalue weighted by Gasteiger charge is -2.06. The highest BCUT2D eigenvalue weighted by Crippen LogP contribution is 2.38. The zero-order valence-electron chi connectivity index (χ0n) is 14.0. The van der Waals surface area contributed by atoms with E-state index in [9.17, 15) is 5.26 Å². The predicted octanol–water partition coefficient (Wildman–Crippen LogP) is 4.66. The molecule has 0 aliphatic heterocycles. The van der Waals surface area contributed by atoms with Crippen LogP contribution >= 0.6 is 11.3 Å². The molecule has 0 radical (unpaired) electrons. The van der Waals surface area contributed by atoms with Gasteiger partial charge in [-0.3, -0.25) is 0 Å². The lowest BCUT2D eigenvalue weighted by Crippen LogP contribution is -1.92. The Balaban J connectivity index is 1.97. The summed E-state index contributed by atoms with van der Waals surface area (Å²) in [6, 6.07) is 7.95. The average Bonchev–Trinajstić information content (AvgIpc) is 2.79. The van der Waals surface area contributed by atoms with Crippen LogP contribution in [-0.2, 0) is 12.8 Å². The molecule has 1 aromatic heterocycles. The quantitative estimate of drug-likeness (QED) is 0.601. The summed E-state index contributed by atoms with van der Waals surface area (Å²) >= 11 is 1.65. The number of fused-ring (bicyclic) bond motifs is 1. The highest BCUT2D eigenvalue weighted by Gasteiger charge is 2.19. The van der Waals surface area contributed by atoms with Gasteiger partial charge in [-0.15, -0.1) is 11.3 Å². The second kappa shape index (κ2) is 7.50. The maximum atomic E-state index is 9.57. The Morgan fingerprint density at radius 2 is 2.00 bits per heavy atom. The number of benzene rings is 1. The molecule has 1 aliphatic carbocycles. The first-order chi connectivity index (χ1) is 11.8. The molecular formula is C19H20N2O2S. The van der Waals surface area contributed by atoms with Crippen LogP contribution in [0.25, 0.3) is 0 Å². The summed E-state index contributed by atoms with van der Waals surface area (Å²) in [6.07, 6.45) is 7.41. The normalized spacial score (nSPS) is 14.0. The summed E-state index contributed by atoms with van der Waals surface area (Å²) in [5.74, 6) is 1.48. The highest BCUT2D eigenvalue weighted by molar-refractivity contribution is 7.16. The van der Waals surface area contributed by atoms with Crippen LogP contribution in [0, 0.1) is 11.3 Å². The van der Waals surface area contributed by atoms with Crippen LogP contribution in [0.5, 0.6) is 11.5 Å². The van der Waals surface area contributed by atoms with Crippen molar-refractivity contribution in [3.8, 4) is 17.6 Å². The van der Waals surface area contributed by atoms with Crippen molar-refractivity contribution in [2.24, 2.45) is 4.99 Å². The summed E-state index contributed by atoms with van der Waals surface area (Å²) in [7, 11) is 3.26. The topological polar surface area (TPSA) is 54.6 Å². The Kier molecular flexibility index (Phi) is 5.17. The van der Waals surface area contributed by atoms with Crippen LogP contribution in [-0.4, -0.2) is 20.4 Å². The molecule has 0 amide bonds. The lowest BCUT2D eigenvalue weighted by atomic mass is 10.1. The zero-order valence-corrected chi connectivity index (χ0v) is 14.8. The lowest BCUT2D eigenvalue weighted by molar-refractivity contribution is 0.402. The van der Waals surface area contributed by atoms with Gasteiger partial charge in [-0.25, -0.2) is 4.99 Å². The Labute approximate surface area is 146 Å². The maximum Gasteiger partial charge on any atom is 0.134 e. The van der Waals surface area contributed by atoms with E-state index >= 15 is 0 Å². The molecule has 24 heavy (non-hydrogen) atoms. The number of thiophene rings is 1. The molecule has 3 rings (SSSR count). The van der Waals surface area contributed by atoms with Gasteiger partial charge in [0.1, 0.15) is 22.6 Å². The molecule has 0 N–H and O–H groups in total. The number of aliphatic imine (C=N–C) groups is 1. The van der Waals surface area contributed by atoms with Crippen LogP contribution in [0.3, 0.4) is 0 Å². The van der Waals surface area contributed by atoms with Crippen LogP contribution in [0.4, 0.5) is 5.00 Å². The largest absolute Gasteiger partial charge is 0.497 e. The Morgan fingerprint density at radius 1 is 1.17 bits per heavy atom. The summed E-state index contributed by atoms with van der Waals surface area (Å²) in [5.41, 5.74) is 2.80. The van der Waals surface area contributed by atoms with E-state index in [-0.39, 0.29) is 0 Å². The molecule has 0 saturated carbocycles. The molecule has 1 aromatic carbocycles. The molecule has 0 saturated heterocycles. The van der Waals surface area contributed by atoms with Crippen molar-refractivity contribution in [2.75, 3.05) is 14.2 Å². The molecule has 0 fully saturated rings. The Bertz CT molecular complexity index is 802. The van der Waals surface area contributed by atoms with E-state index in [4.69, 9.17) is 9.47 Å². The van der Waals surface area contributed by atoms with Crippen molar-refractivity contribution in [3.05, 3.63) is 39.8 Å². The van der Waals surface area contributed by atoms with E-state index in [0.29, 0.717) is 0 Å². The van der Waals surface area contributed by atoms with Gasteiger partial charge >= 0.3 is 0 Å². The minimum atomic E-state index is 0.733. The molecule has 124 valence electrons. The van der Waals surface area contributed by atoms with Crippen molar-refractivity contribution in [1.29, 1.82) is 5.26 Å². The predicted molar refractivity (Wildman–Crippen MR) is 97.1 cm³/mol. The molecule has 1 aliphatic rings. The Morgan fingerprint density at radius 3 is 2.75 bits per heavy atom. The average molecular weight is 340 g/mol. The fraction of sp³-hybridized carbons (Fsp3) is 0.368. The SMILES string of the molecule is COc1ccc(OC)c(C=Nc2sc3c(c2C#N)CCCCC3)c1. The minimum Gasteiger partial charge on any atom is -0.497 e.